The maximum absolute atomic E-state index is 13.2. The predicted molar refractivity (Wildman–Crippen MR) is 68.4 cm³/mol. The Morgan fingerprint density at radius 3 is 2.44 bits per heavy atom. The molecule has 1 aromatic carbocycles. The Morgan fingerprint density at radius 1 is 1.22 bits per heavy atom. The minimum Gasteiger partial charge on any atom is -0.466 e. The first-order chi connectivity index (χ1) is 8.41. The fourth-order valence-electron chi connectivity index (χ4n) is 2.09. The van der Waals surface area contributed by atoms with Gasteiger partial charge in [-0.3, -0.25) is 0 Å². The van der Waals surface area contributed by atoms with Crippen molar-refractivity contribution in [2.45, 2.75) is 26.9 Å². The number of halogens is 2. The van der Waals surface area contributed by atoms with Crippen LogP contribution in [0.4, 0.5) is 4.39 Å². The molecule has 2 rings (SSSR count). The first-order valence-corrected chi connectivity index (χ1v) is 5.99. The molecule has 1 unspecified atom stereocenters. The van der Waals surface area contributed by atoms with Gasteiger partial charge in [0.25, 0.3) is 0 Å². The lowest BCUT2D eigenvalue weighted by Crippen LogP contribution is -2.03. The number of aliphatic hydroxyl groups is 1. The second kappa shape index (κ2) is 4.75. The van der Waals surface area contributed by atoms with Crippen molar-refractivity contribution in [3.05, 3.63) is 57.2 Å². The molecular formula is C14H14ClFO2. The van der Waals surface area contributed by atoms with Gasteiger partial charge < -0.3 is 9.52 Å². The van der Waals surface area contributed by atoms with Gasteiger partial charge in [-0.2, -0.15) is 0 Å². The molecular weight excluding hydrogens is 255 g/mol. The molecule has 0 aliphatic rings. The van der Waals surface area contributed by atoms with Gasteiger partial charge in [0.2, 0.25) is 0 Å². The van der Waals surface area contributed by atoms with E-state index in [1.165, 1.54) is 18.2 Å². The van der Waals surface area contributed by atoms with Crippen LogP contribution in [-0.4, -0.2) is 5.11 Å². The smallest absolute Gasteiger partial charge is 0.123 e. The number of hydrogen-bond donors (Lipinski definition) is 1. The second-order valence-electron chi connectivity index (χ2n) is 4.32. The van der Waals surface area contributed by atoms with Crippen molar-refractivity contribution < 1.29 is 13.9 Å². The summed E-state index contributed by atoms with van der Waals surface area (Å²) in [5.41, 5.74) is 1.86. The number of aryl methyl sites for hydroxylation is 2. The Morgan fingerprint density at radius 2 is 1.89 bits per heavy atom. The Bertz CT molecular complexity index is 590. The Hall–Kier alpha value is -1.32. The lowest BCUT2D eigenvalue weighted by Gasteiger charge is -2.13. The van der Waals surface area contributed by atoms with Crippen LogP contribution in [0.2, 0.25) is 5.02 Å². The summed E-state index contributed by atoms with van der Waals surface area (Å²) >= 11 is 6.00. The molecule has 18 heavy (non-hydrogen) atoms. The van der Waals surface area contributed by atoms with Gasteiger partial charge in [-0.25, -0.2) is 4.39 Å². The van der Waals surface area contributed by atoms with Gasteiger partial charge in [0, 0.05) is 16.1 Å². The third-order valence-corrected chi connectivity index (χ3v) is 3.49. The maximum atomic E-state index is 13.2. The van der Waals surface area contributed by atoms with Gasteiger partial charge in [0.1, 0.15) is 23.4 Å². The molecule has 2 nitrogen and oxygen atoms in total. The fraction of sp³-hybridized carbons (Fsp3) is 0.286. The highest BCUT2D eigenvalue weighted by atomic mass is 35.5. The van der Waals surface area contributed by atoms with Crippen molar-refractivity contribution >= 4 is 11.6 Å². The van der Waals surface area contributed by atoms with Gasteiger partial charge in [0.15, 0.2) is 0 Å². The van der Waals surface area contributed by atoms with Crippen LogP contribution in [0.3, 0.4) is 0 Å². The third kappa shape index (κ3) is 2.16. The molecule has 0 aliphatic heterocycles. The van der Waals surface area contributed by atoms with Crippen molar-refractivity contribution in [2.75, 3.05) is 0 Å². The zero-order valence-electron chi connectivity index (χ0n) is 10.4. The van der Waals surface area contributed by atoms with Gasteiger partial charge >= 0.3 is 0 Å². The zero-order chi connectivity index (χ0) is 13.4. The van der Waals surface area contributed by atoms with E-state index in [1.54, 1.807) is 6.92 Å². The predicted octanol–water partition coefficient (Wildman–Crippen LogP) is 4.08. The van der Waals surface area contributed by atoms with E-state index in [2.05, 4.69) is 0 Å². The molecule has 0 spiro atoms. The molecule has 0 aliphatic carbocycles. The summed E-state index contributed by atoms with van der Waals surface area (Å²) in [6.45, 7) is 5.45. The van der Waals surface area contributed by atoms with Crippen LogP contribution in [-0.2, 0) is 0 Å². The van der Waals surface area contributed by atoms with Crippen LogP contribution in [0.5, 0.6) is 0 Å². The number of rotatable bonds is 2. The third-order valence-electron chi connectivity index (χ3n) is 3.14. The van der Waals surface area contributed by atoms with Crippen LogP contribution in [0, 0.1) is 26.6 Å². The van der Waals surface area contributed by atoms with Gasteiger partial charge in [-0.1, -0.05) is 11.6 Å². The van der Waals surface area contributed by atoms with Crippen LogP contribution >= 0.6 is 11.6 Å². The van der Waals surface area contributed by atoms with E-state index in [0.29, 0.717) is 21.9 Å². The van der Waals surface area contributed by atoms with E-state index in [1.807, 2.05) is 13.8 Å². The number of hydrogen-bond acceptors (Lipinski definition) is 2. The minimum atomic E-state index is -0.981. The second-order valence-corrected chi connectivity index (χ2v) is 4.73. The summed E-state index contributed by atoms with van der Waals surface area (Å²) in [5.74, 6) is 0.941. The lowest BCUT2D eigenvalue weighted by atomic mass is 9.98. The summed E-state index contributed by atoms with van der Waals surface area (Å²) < 4.78 is 18.7. The summed E-state index contributed by atoms with van der Waals surface area (Å²) in [7, 11) is 0. The van der Waals surface area contributed by atoms with Crippen LogP contribution in [0.1, 0.15) is 34.3 Å². The summed E-state index contributed by atoms with van der Waals surface area (Å²) in [6, 6.07) is 3.94. The molecule has 0 amide bonds. The van der Waals surface area contributed by atoms with Crippen molar-refractivity contribution in [1.82, 2.24) is 0 Å². The maximum Gasteiger partial charge on any atom is 0.123 e. The summed E-state index contributed by atoms with van der Waals surface area (Å²) in [6.07, 6.45) is -0.981. The quantitative estimate of drug-likeness (QED) is 0.890. The molecule has 2 aromatic rings. The number of benzene rings is 1. The Labute approximate surface area is 110 Å². The van der Waals surface area contributed by atoms with Crippen molar-refractivity contribution in [2.24, 2.45) is 0 Å². The van der Waals surface area contributed by atoms with Crippen molar-refractivity contribution in [3.8, 4) is 0 Å². The standard InChI is InChI=1S/C14H14ClFO2/c1-7-8(2)18-9(3)13(7)14(17)11-6-10(16)4-5-12(11)15/h4-6,14,17H,1-3H3. The Kier molecular flexibility index (Phi) is 3.46. The molecule has 0 saturated heterocycles. The van der Waals surface area contributed by atoms with Crippen LogP contribution in [0.15, 0.2) is 22.6 Å². The van der Waals surface area contributed by atoms with Crippen molar-refractivity contribution in [1.29, 1.82) is 0 Å². The fourth-order valence-corrected chi connectivity index (χ4v) is 2.31. The van der Waals surface area contributed by atoms with E-state index in [0.717, 1.165) is 11.3 Å². The van der Waals surface area contributed by atoms with Crippen LogP contribution < -0.4 is 0 Å². The molecule has 0 radical (unpaired) electrons. The van der Waals surface area contributed by atoms with E-state index in [9.17, 15) is 9.50 Å². The van der Waals surface area contributed by atoms with Gasteiger partial charge in [-0.15, -0.1) is 0 Å². The molecule has 0 bridgehead atoms. The highest BCUT2D eigenvalue weighted by molar-refractivity contribution is 6.31. The molecule has 1 N–H and O–H groups in total. The van der Waals surface area contributed by atoms with E-state index in [4.69, 9.17) is 16.0 Å². The zero-order valence-corrected chi connectivity index (χ0v) is 11.2. The molecule has 4 heteroatoms. The summed E-state index contributed by atoms with van der Waals surface area (Å²) in [4.78, 5) is 0. The molecule has 1 heterocycles. The van der Waals surface area contributed by atoms with Gasteiger partial charge in [0.05, 0.1) is 0 Å². The average molecular weight is 269 g/mol. The van der Waals surface area contributed by atoms with E-state index in [-0.39, 0.29) is 0 Å². The largest absolute Gasteiger partial charge is 0.466 e. The van der Waals surface area contributed by atoms with Crippen molar-refractivity contribution in [3.63, 3.8) is 0 Å². The molecule has 1 aromatic heterocycles. The van der Waals surface area contributed by atoms with E-state index >= 15 is 0 Å². The first kappa shape index (κ1) is 13.1. The number of furan rings is 1. The summed E-state index contributed by atoms with van der Waals surface area (Å²) in [5, 5.41) is 10.7. The average Bonchev–Trinajstić information content (AvgIpc) is 2.56. The molecule has 1 atom stereocenters. The highest BCUT2D eigenvalue weighted by Crippen LogP contribution is 2.34. The van der Waals surface area contributed by atoms with Gasteiger partial charge in [-0.05, 0) is 44.5 Å². The minimum absolute atomic E-state index is 0.335. The lowest BCUT2D eigenvalue weighted by molar-refractivity contribution is 0.217. The van der Waals surface area contributed by atoms with E-state index < -0.39 is 11.9 Å². The molecule has 0 fully saturated rings. The normalized spacial score (nSPS) is 12.8. The Balaban J connectivity index is 2.54. The molecule has 0 saturated carbocycles. The molecule has 96 valence electrons. The highest BCUT2D eigenvalue weighted by Gasteiger charge is 2.22. The topological polar surface area (TPSA) is 33.4 Å². The number of aliphatic hydroxyl groups excluding tert-OH is 1. The SMILES string of the molecule is Cc1oc(C)c(C(O)c2cc(F)ccc2Cl)c1C. The first-order valence-electron chi connectivity index (χ1n) is 5.61. The van der Waals surface area contributed by atoms with Crippen LogP contribution in [0.25, 0.3) is 0 Å². The monoisotopic (exact) mass is 268 g/mol.